The maximum Gasteiger partial charge on any atom is 0.163 e. The molecule has 0 atom stereocenters. The van der Waals surface area contributed by atoms with Gasteiger partial charge < -0.3 is 4.42 Å². The highest BCUT2D eigenvalue weighted by Crippen LogP contribution is 2.38. The van der Waals surface area contributed by atoms with Crippen molar-refractivity contribution >= 4 is 71.3 Å². The van der Waals surface area contributed by atoms with Crippen molar-refractivity contribution in [1.29, 1.82) is 5.41 Å². The summed E-state index contributed by atoms with van der Waals surface area (Å²) in [7, 11) is 0. The van der Waals surface area contributed by atoms with Gasteiger partial charge in [-0.05, 0) is 53.0 Å². The topological polar surface area (TPSA) is 61.7 Å². The van der Waals surface area contributed by atoms with Gasteiger partial charge in [-0.3, -0.25) is 5.41 Å². The first-order valence-corrected chi connectivity index (χ1v) is 14.3. The average Bonchev–Trinajstić information content (AvgIpc) is 3.78. The lowest BCUT2D eigenvalue weighted by Gasteiger charge is -2.06. The van der Waals surface area contributed by atoms with E-state index in [-0.39, 0.29) is 33.3 Å². The maximum atomic E-state index is 9.40. The zero-order valence-electron chi connectivity index (χ0n) is 33.7. The number of fused-ring (bicyclic) bond motifs is 6. The Kier molecular flexibility index (Phi) is 4.17. The molecule has 0 spiro atoms. The van der Waals surface area contributed by atoms with E-state index in [9.17, 15) is 6.78 Å². The monoisotopic (exact) mass is 594 g/mol. The van der Waals surface area contributed by atoms with Gasteiger partial charge in [0.05, 0.1) is 15.1 Å². The van der Waals surface area contributed by atoms with Crippen LogP contribution in [0.2, 0.25) is 0 Å². The highest BCUT2D eigenvalue weighted by atomic mass is 32.1. The van der Waals surface area contributed by atoms with Crippen LogP contribution in [0.25, 0.3) is 53.2 Å². The fourth-order valence-corrected chi connectivity index (χ4v) is 6.26. The van der Waals surface area contributed by atoms with Crippen LogP contribution in [-0.2, 0) is 0 Å². The van der Waals surface area contributed by atoms with E-state index in [2.05, 4.69) is 4.99 Å². The maximum absolute atomic E-state index is 9.40. The predicted octanol–water partition coefficient (Wildman–Crippen LogP) is 10.5. The van der Waals surface area contributed by atoms with E-state index in [1.54, 1.807) is 6.21 Å². The molecule has 0 saturated heterocycles. The summed E-state index contributed by atoms with van der Waals surface area (Å²) in [6, 6.07) is 15.7. The summed E-state index contributed by atoms with van der Waals surface area (Å²) in [4.78, 5) is 9.30. The van der Waals surface area contributed by atoms with Crippen molar-refractivity contribution in [2.45, 2.75) is 0 Å². The Balaban J connectivity index is 1.42. The van der Waals surface area contributed by atoms with Crippen molar-refractivity contribution in [2.24, 2.45) is 9.98 Å². The lowest BCUT2D eigenvalue weighted by molar-refractivity contribution is 0.669. The van der Waals surface area contributed by atoms with Gasteiger partial charge in [-0.2, -0.15) is 0 Å². The van der Waals surface area contributed by atoms with Gasteiger partial charge in [0.15, 0.2) is 11.7 Å². The summed E-state index contributed by atoms with van der Waals surface area (Å²) in [5, 5.41) is 10.8. The number of rotatable bonds is 4. The SMILES string of the molecule is [2H]c1c([2H])c([2H])c(-c2c([2H])c([2H])c([2H])c3oc4c([2H])c([2H])c(C(=N)N=C(N=Cc5ccccc5)c5cccc6c5sc5ccccc56)c([2H])c4c23)c([2H])c1[2H]. The third-order valence-corrected chi connectivity index (χ3v) is 8.28. The quantitative estimate of drug-likeness (QED) is 0.160. The van der Waals surface area contributed by atoms with Crippen LogP contribution in [0.15, 0.2) is 154 Å². The van der Waals surface area contributed by atoms with E-state index in [0.29, 0.717) is 5.56 Å². The van der Waals surface area contributed by atoms with Gasteiger partial charge in [-0.1, -0.05) is 103 Å². The van der Waals surface area contributed by atoms with Gasteiger partial charge in [0.2, 0.25) is 0 Å². The van der Waals surface area contributed by atoms with Crippen molar-refractivity contribution in [2.75, 3.05) is 0 Å². The molecule has 44 heavy (non-hydrogen) atoms. The first kappa shape index (κ1) is 16.8. The van der Waals surface area contributed by atoms with Crippen molar-refractivity contribution in [3.63, 3.8) is 0 Å². The van der Waals surface area contributed by atoms with Crippen LogP contribution >= 0.6 is 11.3 Å². The minimum atomic E-state index is -0.701. The molecule has 6 aromatic carbocycles. The third-order valence-electron chi connectivity index (χ3n) is 7.06. The van der Waals surface area contributed by atoms with E-state index < -0.39 is 83.4 Å². The molecule has 8 rings (SSSR count). The second kappa shape index (κ2) is 10.9. The highest BCUT2D eigenvalue weighted by Gasteiger charge is 2.16. The Morgan fingerprint density at radius 1 is 0.750 bits per heavy atom. The van der Waals surface area contributed by atoms with Crippen LogP contribution in [0.3, 0.4) is 0 Å². The van der Waals surface area contributed by atoms with Gasteiger partial charge in [0.1, 0.15) is 11.2 Å². The number of hydrogen-bond acceptors (Lipinski definition) is 3. The average molecular weight is 595 g/mol. The van der Waals surface area contributed by atoms with Crippen LogP contribution in [0.5, 0.6) is 0 Å². The number of nitrogens with zero attached hydrogens (tertiary/aromatic N) is 2. The first-order valence-electron chi connectivity index (χ1n) is 19.0. The number of amidine groups is 2. The van der Waals surface area contributed by atoms with Crippen molar-refractivity contribution in [1.82, 2.24) is 0 Å². The second-order valence-corrected chi connectivity index (χ2v) is 10.8. The van der Waals surface area contributed by atoms with E-state index in [4.69, 9.17) is 23.1 Å². The summed E-state index contributed by atoms with van der Waals surface area (Å²) < 4.78 is 103. The molecule has 1 N–H and O–H groups in total. The largest absolute Gasteiger partial charge is 0.456 e. The van der Waals surface area contributed by atoms with Crippen LogP contribution in [0.4, 0.5) is 0 Å². The molecular formula is C39H25N3OS. The molecular weight excluding hydrogens is 559 g/mol. The number of nitrogens with one attached hydrogen (secondary N) is 1. The number of aliphatic imine (C=N–C) groups is 2. The number of furan rings is 1. The van der Waals surface area contributed by atoms with Gasteiger partial charge in [0, 0.05) is 48.3 Å². The fraction of sp³-hybridized carbons (Fsp3) is 0. The van der Waals surface area contributed by atoms with E-state index in [1.807, 2.05) is 72.8 Å². The van der Waals surface area contributed by atoms with Crippen molar-refractivity contribution in [3.8, 4) is 11.1 Å². The van der Waals surface area contributed by atoms with Gasteiger partial charge in [-0.25, -0.2) is 9.98 Å². The fourth-order valence-electron chi connectivity index (χ4n) is 5.05. The minimum Gasteiger partial charge on any atom is -0.456 e. The molecule has 2 heterocycles. The van der Waals surface area contributed by atoms with Crippen LogP contribution in [-0.4, -0.2) is 17.9 Å². The van der Waals surface area contributed by atoms with Crippen LogP contribution in [0, 0.1) is 5.41 Å². The summed E-state index contributed by atoms with van der Waals surface area (Å²) in [5.74, 6) is -0.509. The Morgan fingerprint density at radius 3 is 2.45 bits per heavy atom. The summed E-state index contributed by atoms with van der Waals surface area (Å²) >= 11 is 1.52. The molecule has 208 valence electrons. The van der Waals surface area contributed by atoms with E-state index in [0.717, 1.165) is 25.7 Å². The molecule has 5 heteroatoms. The minimum absolute atomic E-state index is 0.0917. The molecule has 0 aliphatic heterocycles. The van der Waals surface area contributed by atoms with Gasteiger partial charge in [0.25, 0.3) is 0 Å². The number of benzene rings is 6. The summed E-state index contributed by atoms with van der Waals surface area (Å²) in [6.07, 6.45) is 1.58. The zero-order chi connectivity index (χ0) is 39.0. The molecule has 8 aromatic rings. The number of thiophene rings is 1. The first-order chi connectivity index (χ1) is 26.3. The molecule has 0 fully saturated rings. The normalized spacial score (nSPS) is 15.7. The summed E-state index contributed by atoms with van der Waals surface area (Å²) in [6.45, 7) is 0. The second-order valence-electron chi connectivity index (χ2n) is 9.74. The Hall–Kier alpha value is -5.65. The molecule has 0 bridgehead atoms. The third kappa shape index (κ3) is 4.60. The smallest absolute Gasteiger partial charge is 0.163 e. The molecule has 2 aromatic heterocycles. The highest BCUT2D eigenvalue weighted by molar-refractivity contribution is 7.26. The molecule has 0 aliphatic carbocycles. The standard InChI is InChI=1S/C39H25N3OS/c40-38(27-21-22-33-32(23-27)36-28(16-10-19-34(36)43-33)26-13-5-2-6-14-26)42-39(41-24-25-11-3-1-4-12-25)31-18-9-17-30-29-15-7-8-20-35(29)44-37(30)31/h1-24,40H/i2D,5D,6D,10D,13D,14D,16D,19D,21D,22D,23D. The summed E-state index contributed by atoms with van der Waals surface area (Å²) in [5.41, 5.74) is -0.649. The molecule has 4 nitrogen and oxygen atoms in total. The lowest BCUT2D eigenvalue weighted by Crippen LogP contribution is -2.05. The Bertz CT molecular complexity index is 3000. The number of hydrogen-bond donors (Lipinski definition) is 1. The Labute approximate surface area is 273 Å². The lowest BCUT2D eigenvalue weighted by atomic mass is 9.99. The molecule has 0 saturated carbocycles. The van der Waals surface area contributed by atoms with Crippen molar-refractivity contribution < 1.29 is 19.5 Å². The van der Waals surface area contributed by atoms with E-state index in [1.165, 1.54) is 11.3 Å². The molecule has 0 unspecified atom stereocenters. The van der Waals surface area contributed by atoms with Crippen molar-refractivity contribution in [3.05, 3.63) is 156 Å². The van der Waals surface area contributed by atoms with Crippen LogP contribution < -0.4 is 0 Å². The molecule has 0 radical (unpaired) electrons. The van der Waals surface area contributed by atoms with Gasteiger partial charge in [-0.15, -0.1) is 11.3 Å². The van der Waals surface area contributed by atoms with Crippen LogP contribution in [0.1, 0.15) is 31.8 Å². The zero-order valence-corrected chi connectivity index (χ0v) is 23.5. The molecule has 0 aliphatic rings. The van der Waals surface area contributed by atoms with E-state index >= 15 is 0 Å². The van der Waals surface area contributed by atoms with Gasteiger partial charge >= 0.3 is 0 Å². The predicted molar refractivity (Wildman–Crippen MR) is 186 cm³/mol. The molecule has 0 amide bonds. The Morgan fingerprint density at radius 2 is 1.57 bits per heavy atom.